The van der Waals surface area contributed by atoms with Crippen LogP contribution in [-0.2, 0) is 9.59 Å². The molecule has 0 radical (unpaired) electrons. The molecule has 74 valence electrons. The van der Waals surface area contributed by atoms with Gasteiger partial charge in [-0.25, -0.2) is 0 Å². The van der Waals surface area contributed by atoms with Crippen LogP contribution in [-0.4, -0.2) is 22.2 Å². The Kier molecular flexibility index (Phi) is 4.80. The molecular formula is C9H14O4. The van der Waals surface area contributed by atoms with Crippen molar-refractivity contribution < 1.29 is 19.8 Å². The van der Waals surface area contributed by atoms with Crippen molar-refractivity contribution in [2.24, 2.45) is 5.92 Å². The van der Waals surface area contributed by atoms with Gasteiger partial charge in [0.2, 0.25) is 0 Å². The topological polar surface area (TPSA) is 74.6 Å². The first-order valence-electron chi connectivity index (χ1n) is 4.03. The van der Waals surface area contributed by atoms with Crippen molar-refractivity contribution >= 4 is 11.9 Å². The van der Waals surface area contributed by atoms with E-state index in [1.54, 1.807) is 19.9 Å². The number of carboxylic acids is 2. The highest BCUT2D eigenvalue weighted by Crippen LogP contribution is 2.11. The summed E-state index contributed by atoms with van der Waals surface area (Å²) in [5.41, 5.74) is 0.887. The number of allylic oxidation sites excluding steroid dienone is 1. The third-order valence-corrected chi connectivity index (χ3v) is 1.52. The first-order valence-corrected chi connectivity index (χ1v) is 4.03. The summed E-state index contributed by atoms with van der Waals surface area (Å²) in [4.78, 5) is 20.8. The maximum Gasteiger partial charge on any atom is 0.310 e. The summed E-state index contributed by atoms with van der Waals surface area (Å²) in [6, 6.07) is 0. The molecule has 0 bridgehead atoms. The molecule has 1 unspecified atom stereocenters. The van der Waals surface area contributed by atoms with Crippen LogP contribution in [0, 0.1) is 5.92 Å². The van der Waals surface area contributed by atoms with E-state index < -0.39 is 17.9 Å². The molecule has 1 atom stereocenters. The fourth-order valence-electron chi connectivity index (χ4n) is 0.959. The fourth-order valence-corrected chi connectivity index (χ4v) is 0.959. The minimum atomic E-state index is -0.970. The molecule has 0 aliphatic carbocycles. The van der Waals surface area contributed by atoms with Gasteiger partial charge in [-0.1, -0.05) is 11.6 Å². The maximum atomic E-state index is 10.6. The van der Waals surface area contributed by atoms with E-state index in [2.05, 4.69) is 0 Å². The van der Waals surface area contributed by atoms with Crippen LogP contribution >= 0.6 is 0 Å². The molecular weight excluding hydrogens is 172 g/mol. The smallest absolute Gasteiger partial charge is 0.310 e. The molecule has 13 heavy (non-hydrogen) atoms. The van der Waals surface area contributed by atoms with Crippen LogP contribution in [0.15, 0.2) is 11.6 Å². The van der Waals surface area contributed by atoms with Gasteiger partial charge in [0.05, 0.1) is 5.92 Å². The van der Waals surface area contributed by atoms with Crippen molar-refractivity contribution in [1.29, 1.82) is 0 Å². The Morgan fingerprint density at radius 2 is 1.85 bits per heavy atom. The standard InChI is InChI=1S/C9H14O4/c1-6(2)5-7(9(12)13)3-4-8(10)11/h5,7H,3-4H2,1-2H3,(H,10,11)(H,12,13). The van der Waals surface area contributed by atoms with Gasteiger partial charge in [0.25, 0.3) is 0 Å². The highest BCUT2D eigenvalue weighted by atomic mass is 16.4. The minimum Gasteiger partial charge on any atom is -0.481 e. The van der Waals surface area contributed by atoms with Crippen LogP contribution < -0.4 is 0 Å². The quantitative estimate of drug-likeness (QED) is 0.638. The Balaban J connectivity index is 4.19. The Hall–Kier alpha value is -1.32. The number of hydrogen-bond acceptors (Lipinski definition) is 2. The molecule has 0 saturated heterocycles. The summed E-state index contributed by atoms with van der Waals surface area (Å²) in [6.07, 6.45) is 1.61. The van der Waals surface area contributed by atoms with Gasteiger partial charge in [-0.15, -0.1) is 0 Å². The van der Waals surface area contributed by atoms with Crippen LogP contribution in [0.2, 0.25) is 0 Å². The molecule has 0 aromatic heterocycles. The van der Waals surface area contributed by atoms with Crippen molar-refractivity contribution in [3.63, 3.8) is 0 Å². The summed E-state index contributed by atoms with van der Waals surface area (Å²) in [5, 5.41) is 17.1. The van der Waals surface area contributed by atoms with E-state index >= 15 is 0 Å². The van der Waals surface area contributed by atoms with Crippen molar-refractivity contribution in [1.82, 2.24) is 0 Å². The number of rotatable bonds is 5. The van der Waals surface area contributed by atoms with Crippen LogP contribution in [0.1, 0.15) is 26.7 Å². The van der Waals surface area contributed by atoms with Gasteiger partial charge in [-0.3, -0.25) is 9.59 Å². The monoisotopic (exact) mass is 186 g/mol. The molecule has 2 N–H and O–H groups in total. The van der Waals surface area contributed by atoms with Gasteiger partial charge in [-0.05, 0) is 20.3 Å². The highest BCUT2D eigenvalue weighted by Gasteiger charge is 2.15. The Labute approximate surface area is 76.9 Å². The molecule has 0 aromatic rings. The Morgan fingerprint density at radius 1 is 1.31 bits per heavy atom. The molecule has 4 heteroatoms. The van der Waals surface area contributed by atoms with E-state index in [4.69, 9.17) is 10.2 Å². The van der Waals surface area contributed by atoms with Gasteiger partial charge in [0.15, 0.2) is 0 Å². The molecule has 0 rings (SSSR count). The molecule has 0 amide bonds. The SMILES string of the molecule is CC(C)=CC(CCC(=O)O)C(=O)O. The van der Waals surface area contributed by atoms with Gasteiger partial charge >= 0.3 is 11.9 Å². The van der Waals surface area contributed by atoms with Crippen LogP contribution in [0.25, 0.3) is 0 Å². The predicted molar refractivity (Wildman–Crippen MR) is 47.4 cm³/mol. The molecule has 0 fully saturated rings. The molecule has 0 aliphatic heterocycles. The summed E-state index contributed by atoms with van der Waals surface area (Å²) in [7, 11) is 0. The molecule has 0 aliphatic rings. The van der Waals surface area contributed by atoms with Gasteiger partial charge in [0, 0.05) is 6.42 Å². The second-order valence-electron chi connectivity index (χ2n) is 3.12. The summed E-state index contributed by atoms with van der Waals surface area (Å²) in [6.45, 7) is 3.58. The Bertz CT molecular complexity index is 226. The van der Waals surface area contributed by atoms with E-state index in [0.717, 1.165) is 5.57 Å². The van der Waals surface area contributed by atoms with Crippen LogP contribution in [0.4, 0.5) is 0 Å². The van der Waals surface area contributed by atoms with Gasteiger partial charge in [0.1, 0.15) is 0 Å². The lowest BCUT2D eigenvalue weighted by atomic mass is 10.0. The second kappa shape index (κ2) is 5.35. The zero-order chi connectivity index (χ0) is 10.4. The Morgan fingerprint density at radius 3 is 2.15 bits per heavy atom. The zero-order valence-electron chi connectivity index (χ0n) is 7.78. The lowest BCUT2D eigenvalue weighted by molar-refractivity contribution is -0.141. The van der Waals surface area contributed by atoms with Crippen molar-refractivity contribution in [3.8, 4) is 0 Å². The van der Waals surface area contributed by atoms with E-state index in [1.807, 2.05) is 0 Å². The van der Waals surface area contributed by atoms with Crippen molar-refractivity contribution in [2.75, 3.05) is 0 Å². The van der Waals surface area contributed by atoms with E-state index in [0.29, 0.717) is 0 Å². The average molecular weight is 186 g/mol. The fraction of sp³-hybridized carbons (Fsp3) is 0.556. The van der Waals surface area contributed by atoms with Gasteiger partial charge in [-0.2, -0.15) is 0 Å². The zero-order valence-corrected chi connectivity index (χ0v) is 7.78. The van der Waals surface area contributed by atoms with Crippen LogP contribution in [0.3, 0.4) is 0 Å². The largest absolute Gasteiger partial charge is 0.481 e. The normalized spacial score (nSPS) is 11.8. The number of carbonyl (C=O) groups is 2. The third-order valence-electron chi connectivity index (χ3n) is 1.52. The molecule has 4 nitrogen and oxygen atoms in total. The van der Waals surface area contributed by atoms with E-state index in [-0.39, 0.29) is 12.8 Å². The van der Waals surface area contributed by atoms with Crippen molar-refractivity contribution in [3.05, 3.63) is 11.6 Å². The third kappa shape index (κ3) is 5.90. The average Bonchev–Trinajstić information content (AvgIpc) is 1.96. The maximum absolute atomic E-state index is 10.6. The first kappa shape index (κ1) is 11.7. The summed E-state index contributed by atoms with van der Waals surface area (Å²) in [5.74, 6) is -2.61. The minimum absolute atomic E-state index is 0.110. The van der Waals surface area contributed by atoms with Crippen molar-refractivity contribution in [2.45, 2.75) is 26.7 Å². The second-order valence-corrected chi connectivity index (χ2v) is 3.12. The van der Waals surface area contributed by atoms with E-state index in [1.165, 1.54) is 0 Å². The van der Waals surface area contributed by atoms with Gasteiger partial charge < -0.3 is 10.2 Å². The molecule has 0 spiro atoms. The molecule has 0 saturated carbocycles. The molecule has 0 aromatic carbocycles. The number of carboxylic acid groups (broad SMARTS) is 2. The highest BCUT2D eigenvalue weighted by molar-refractivity contribution is 5.74. The lowest BCUT2D eigenvalue weighted by Gasteiger charge is -2.05. The number of hydrogen-bond donors (Lipinski definition) is 2. The summed E-state index contributed by atoms with van der Waals surface area (Å²) >= 11 is 0. The number of aliphatic carboxylic acids is 2. The predicted octanol–water partition coefficient (Wildman–Crippen LogP) is 1.52. The lowest BCUT2D eigenvalue weighted by Crippen LogP contribution is -2.13. The first-order chi connectivity index (χ1) is 5.93. The summed E-state index contributed by atoms with van der Waals surface area (Å²) < 4.78 is 0. The van der Waals surface area contributed by atoms with Crippen LogP contribution in [0.5, 0.6) is 0 Å². The molecule has 0 heterocycles. The van der Waals surface area contributed by atoms with E-state index in [9.17, 15) is 9.59 Å².